The predicted molar refractivity (Wildman–Crippen MR) is 106 cm³/mol. The summed E-state index contributed by atoms with van der Waals surface area (Å²) in [6.45, 7) is 5.22. The highest BCUT2D eigenvalue weighted by Crippen LogP contribution is 2.29. The predicted octanol–water partition coefficient (Wildman–Crippen LogP) is 3.68. The first-order chi connectivity index (χ1) is 13.6. The normalized spacial score (nSPS) is 16.8. The Morgan fingerprint density at radius 3 is 2.79 bits per heavy atom. The second-order valence-corrected chi connectivity index (χ2v) is 7.31. The Morgan fingerprint density at radius 2 is 2.04 bits per heavy atom. The molecule has 1 amide bonds. The molecule has 2 aromatic heterocycles. The summed E-state index contributed by atoms with van der Waals surface area (Å²) < 4.78 is 0. The van der Waals surface area contributed by atoms with Crippen LogP contribution in [0.15, 0.2) is 36.9 Å². The molecule has 1 fully saturated rings. The minimum atomic E-state index is -0.100. The van der Waals surface area contributed by atoms with Crippen molar-refractivity contribution in [2.24, 2.45) is 5.92 Å². The molecular weight excluding hydrogens is 350 g/mol. The first-order valence-electron chi connectivity index (χ1n) is 9.43. The van der Waals surface area contributed by atoms with E-state index in [4.69, 9.17) is 4.98 Å². The molecule has 1 aliphatic heterocycles. The molecule has 1 aliphatic rings. The molecule has 6 heteroatoms. The number of hydrogen-bond donors (Lipinski definition) is 0. The SMILES string of the molecule is Cc1ccc2c(C(=O)N3CCC[C@H](C#N)C3)cc(-c3cncnc3)nc2c1C. The van der Waals surface area contributed by atoms with Gasteiger partial charge in [-0.05, 0) is 43.9 Å². The van der Waals surface area contributed by atoms with E-state index in [0.29, 0.717) is 24.3 Å². The van der Waals surface area contributed by atoms with E-state index >= 15 is 0 Å². The van der Waals surface area contributed by atoms with Gasteiger partial charge in [-0.3, -0.25) is 4.79 Å². The minimum Gasteiger partial charge on any atom is -0.337 e. The van der Waals surface area contributed by atoms with Crippen LogP contribution in [0.25, 0.3) is 22.2 Å². The number of nitrogens with zero attached hydrogens (tertiary/aromatic N) is 5. The van der Waals surface area contributed by atoms with Gasteiger partial charge in [-0.2, -0.15) is 5.26 Å². The van der Waals surface area contributed by atoms with Crippen molar-refractivity contribution in [3.8, 4) is 17.3 Å². The van der Waals surface area contributed by atoms with Crippen molar-refractivity contribution in [3.63, 3.8) is 0 Å². The van der Waals surface area contributed by atoms with Crippen LogP contribution in [-0.4, -0.2) is 38.8 Å². The van der Waals surface area contributed by atoms with Gasteiger partial charge in [0.05, 0.1) is 28.8 Å². The summed E-state index contributed by atoms with van der Waals surface area (Å²) in [7, 11) is 0. The Hall–Kier alpha value is -3.33. The van der Waals surface area contributed by atoms with Crippen molar-refractivity contribution in [2.75, 3.05) is 13.1 Å². The van der Waals surface area contributed by atoms with Crippen molar-refractivity contribution in [1.29, 1.82) is 5.26 Å². The fourth-order valence-electron chi connectivity index (χ4n) is 3.72. The van der Waals surface area contributed by atoms with Crippen molar-refractivity contribution in [1.82, 2.24) is 19.9 Å². The molecule has 1 saturated heterocycles. The molecule has 3 heterocycles. The molecule has 6 nitrogen and oxygen atoms in total. The number of hydrogen-bond acceptors (Lipinski definition) is 5. The Morgan fingerprint density at radius 1 is 1.25 bits per heavy atom. The second kappa shape index (κ2) is 7.35. The van der Waals surface area contributed by atoms with Gasteiger partial charge in [-0.25, -0.2) is 15.0 Å². The number of nitriles is 1. The fourth-order valence-corrected chi connectivity index (χ4v) is 3.72. The highest BCUT2D eigenvalue weighted by Gasteiger charge is 2.26. The first kappa shape index (κ1) is 18.1. The molecule has 140 valence electrons. The number of benzene rings is 1. The van der Waals surface area contributed by atoms with Gasteiger partial charge in [0.25, 0.3) is 5.91 Å². The number of likely N-dealkylation sites (tertiary alicyclic amines) is 1. The zero-order chi connectivity index (χ0) is 19.7. The van der Waals surface area contributed by atoms with E-state index in [9.17, 15) is 10.1 Å². The van der Waals surface area contributed by atoms with E-state index in [0.717, 1.165) is 40.4 Å². The summed E-state index contributed by atoms with van der Waals surface area (Å²) in [6, 6.07) is 8.13. The Bertz CT molecular complexity index is 1090. The monoisotopic (exact) mass is 371 g/mol. The number of rotatable bonds is 2. The number of carbonyl (C=O) groups is 1. The van der Waals surface area contributed by atoms with Crippen molar-refractivity contribution < 1.29 is 4.79 Å². The van der Waals surface area contributed by atoms with Crippen molar-refractivity contribution in [3.05, 3.63) is 53.6 Å². The Balaban J connectivity index is 1.88. The van der Waals surface area contributed by atoms with Crippen LogP contribution in [0.4, 0.5) is 0 Å². The van der Waals surface area contributed by atoms with Crippen molar-refractivity contribution in [2.45, 2.75) is 26.7 Å². The Labute approximate surface area is 163 Å². The smallest absolute Gasteiger partial charge is 0.254 e. The van der Waals surface area contributed by atoms with E-state index in [2.05, 4.69) is 16.0 Å². The molecule has 0 radical (unpaired) electrons. The maximum atomic E-state index is 13.4. The lowest BCUT2D eigenvalue weighted by Gasteiger charge is -2.30. The van der Waals surface area contributed by atoms with Gasteiger partial charge in [0.15, 0.2) is 0 Å². The van der Waals surface area contributed by atoms with Gasteiger partial charge >= 0.3 is 0 Å². The molecule has 0 N–H and O–H groups in total. The van der Waals surface area contributed by atoms with Crippen LogP contribution in [0, 0.1) is 31.1 Å². The fraction of sp³-hybridized carbons (Fsp3) is 0.318. The first-order valence-corrected chi connectivity index (χ1v) is 9.43. The largest absolute Gasteiger partial charge is 0.337 e. The number of carbonyl (C=O) groups excluding carboxylic acids is 1. The molecule has 0 spiro atoms. The van der Waals surface area contributed by atoms with Crippen LogP contribution in [0.2, 0.25) is 0 Å². The lowest BCUT2D eigenvalue weighted by atomic mass is 9.96. The third-order valence-electron chi connectivity index (χ3n) is 5.48. The quantitative estimate of drug-likeness (QED) is 0.686. The van der Waals surface area contributed by atoms with E-state index in [1.807, 2.05) is 32.0 Å². The molecule has 3 aromatic rings. The molecular formula is C22H21N5O. The maximum absolute atomic E-state index is 13.4. The van der Waals surface area contributed by atoms with Crippen LogP contribution in [0.1, 0.15) is 34.3 Å². The average Bonchev–Trinajstić information content (AvgIpc) is 2.76. The number of aryl methyl sites for hydroxylation is 2. The molecule has 0 bridgehead atoms. The maximum Gasteiger partial charge on any atom is 0.254 e. The third kappa shape index (κ3) is 3.20. The molecule has 1 aromatic carbocycles. The molecule has 4 rings (SSSR count). The standard InChI is InChI=1S/C22H21N5O/c1-14-5-6-18-19(22(28)27-7-3-4-16(9-23)12-27)8-20(26-21(18)15(14)2)17-10-24-13-25-11-17/h5-6,8,10-11,13,16H,3-4,7,12H2,1-2H3/t16-/m1/s1. The van der Waals surface area contributed by atoms with Gasteiger partial charge in [0, 0.05) is 36.4 Å². The van der Waals surface area contributed by atoms with Crippen LogP contribution >= 0.6 is 0 Å². The summed E-state index contributed by atoms with van der Waals surface area (Å²) in [6.07, 6.45) is 6.58. The third-order valence-corrected chi connectivity index (χ3v) is 5.48. The molecule has 1 atom stereocenters. The summed E-state index contributed by atoms with van der Waals surface area (Å²) in [5.74, 6) is -0.148. The lowest BCUT2D eigenvalue weighted by molar-refractivity contribution is 0.0701. The number of aromatic nitrogens is 3. The topological polar surface area (TPSA) is 82.8 Å². The summed E-state index contributed by atoms with van der Waals surface area (Å²) >= 11 is 0. The average molecular weight is 371 g/mol. The highest BCUT2D eigenvalue weighted by molar-refractivity contribution is 6.08. The summed E-state index contributed by atoms with van der Waals surface area (Å²) in [5, 5.41) is 10.1. The molecule has 28 heavy (non-hydrogen) atoms. The van der Waals surface area contributed by atoms with E-state index in [1.54, 1.807) is 17.3 Å². The zero-order valence-corrected chi connectivity index (χ0v) is 16.0. The molecule has 0 saturated carbocycles. The van der Waals surface area contributed by atoms with Gasteiger partial charge in [-0.15, -0.1) is 0 Å². The van der Waals surface area contributed by atoms with Crippen LogP contribution in [0.5, 0.6) is 0 Å². The van der Waals surface area contributed by atoms with E-state index in [1.165, 1.54) is 6.33 Å². The number of fused-ring (bicyclic) bond motifs is 1. The van der Waals surface area contributed by atoms with Crippen molar-refractivity contribution >= 4 is 16.8 Å². The van der Waals surface area contributed by atoms with E-state index < -0.39 is 0 Å². The van der Waals surface area contributed by atoms with Crippen LogP contribution in [-0.2, 0) is 0 Å². The minimum absolute atomic E-state index is 0.0475. The summed E-state index contributed by atoms with van der Waals surface area (Å²) in [4.78, 5) is 28.2. The van der Waals surface area contributed by atoms with Gasteiger partial charge in [0.2, 0.25) is 0 Å². The van der Waals surface area contributed by atoms with Gasteiger partial charge < -0.3 is 4.90 Å². The van der Waals surface area contributed by atoms with Gasteiger partial charge in [-0.1, -0.05) is 12.1 Å². The van der Waals surface area contributed by atoms with Crippen LogP contribution in [0.3, 0.4) is 0 Å². The van der Waals surface area contributed by atoms with E-state index in [-0.39, 0.29) is 11.8 Å². The molecule has 0 unspecified atom stereocenters. The van der Waals surface area contributed by atoms with Gasteiger partial charge in [0.1, 0.15) is 6.33 Å². The summed E-state index contributed by atoms with van der Waals surface area (Å²) in [5.41, 5.74) is 5.07. The highest BCUT2D eigenvalue weighted by atomic mass is 16.2. The number of pyridine rings is 1. The number of piperidine rings is 1. The molecule has 0 aliphatic carbocycles. The van der Waals surface area contributed by atoms with Crippen LogP contribution < -0.4 is 0 Å². The lowest BCUT2D eigenvalue weighted by Crippen LogP contribution is -2.39. The Kier molecular flexibility index (Phi) is 4.74. The zero-order valence-electron chi connectivity index (χ0n) is 16.0. The number of amides is 1. The second-order valence-electron chi connectivity index (χ2n) is 7.31.